The second-order valence-electron chi connectivity index (χ2n) is 3.53. The van der Waals surface area contributed by atoms with E-state index in [9.17, 15) is 4.79 Å². The minimum absolute atomic E-state index is 0.00129. The molecule has 0 aromatic heterocycles. The van der Waals surface area contributed by atoms with E-state index < -0.39 is 0 Å². The number of hydrogen-bond donors (Lipinski definition) is 1. The molecule has 1 N–H and O–H groups in total. The molecule has 16 heavy (non-hydrogen) atoms. The van der Waals surface area contributed by atoms with Crippen LogP contribution in [0.4, 0.5) is 0 Å². The molecule has 0 unspecified atom stereocenters. The van der Waals surface area contributed by atoms with Gasteiger partial charge in [-0.25, -0.2) is 0 Å². The van der Waals surface area contributed by atoms with Crippen LogP contribution in [0.1, 0.15) is 22.3 Å². The summed E-state index contributed by atoms with van der Waals surface area (Å²) in [5.41, 5.74) is 1.79. The molecule has 1 aromatic carbocycles. The molecule has 0 aliphatic carbocycles. The maximum atomic E-state index is 11.9. The molecule has 4 heteroatoms. The van der Waals surface area contributed by atoms with Crippen molar-refractivity contribution < 1.29 is 9.53 Å². The number of benzene rings is 1. The van der Waals surface area contributed by atoms with Crippen LogP contribution in [-0.2, 0) is 4.74 Å². The molecule has 1 amide bonds. The van der Waals surface area contributed by atoms with Gasteiger partial charge in [-0.1, -0.05) is 12.1 Å². The molecule has 0 heterocycles. The first-order valence-corrected chi connectivity index (χ1v) is 6.27. The molecule has 3 nitrogen and oxygen atoms in total. The van der Waals surface area contributed by atoms with Gasteiger partial charge >= 0.3 is 0 Å². The number of carbonyl (C=O) groups excluding carboxylic acids is 1. The number of aryl methyl sites for hydroxylation is 1. The molecule has 0 aliphatic heterocycles. The average molecular weight is 333 g/mol. The van der Waals surface area contributed by atoms with Crippen LogP contribution in [0, 0.1) is 10.5 Å². The third-order valence-electron chi connectivity index (χ3n) is 2.26. The van der Waals surface area contributed by atoms with Crippen molar-refractivity contribution in [3.63, 3.8) is 0 Å². The molecule has 0 radical (unpaired) electrons. The summed E-state index contributed by atoms with van der Waals surface area (Å²) in [5, 5.41) is 2.89. The Kier molecular flexibility index (Phi) is 5.76. The Morgan fingerprint density at radius 3 is 2.88 bits per heavy atom. The van der Waals surface area contributed by atoms with Crippen LogP contribution in [0.5, 0.6) is 0 Å². The molecular weight excluding hydrogens is 317 g/mol. The Balaban J connectivity index is 2.59. The molecular formula is C12H16INO2. The van der Waals surface area contributed by atoms with Crippen LogP contribution in [0.15, 0.2) is 18.2 Å². The largest absolute Gasteiger partial charge is 0.385 e. The van der Waals surface area contributed by atoms with Crippen molar-refractivity contribution in [2.75, 3.05) is 20.3 Å². The predicted molar refractivity (Wildman–Crippen MR) is 72.7 cm³/mol. The fourth-order valence-electron chi connectivity index (χ4n) is 1.43. The van der Waals surface area contributed by atoms with Gasteiger partial charge in [0.1, 0.15) is 0 Å². The molecule has 0 fully saturated rings. The number of carbonyl (C=O) groups is 1. The highest BCUT2D eigenvalue weighted by Crippen LogP contribution is 2.15. The molecule has 0 saturated carbocycles. The van der Waals surface area contributed by atoms with Gasteiger partial charge in [0, 0.05) is 23.8 Å². The van der Waals surface area contributed by atoms with Crippen LogP contribution >= 0.6 is 22.6 Å². The summed E-state index contributed by atoms with van der Waals surface area (Å²) < 4.78 is 5.91. The number of halogens is 1. The SMILES string of the molecule is COCCCNC(=O)c1c(C)cccc1I. The molecule has 0 atom stereocenters. The number of amides is 1. The lowest BCUT2D eigenvalue weighted by Crippen LogP contribution is -2.26. The van der Waals surface area contributed by atoms with Crippen molar-refractivity contribution in [2.24, 2.45) is 0 Å². The molecule has 88 valence electrons. The molecule has 0 bridgehead atoms. The maximum Gasteiger partial charge on any atom is 0.252 e. The zero-order chi connectivity index (χ0) is 12.0. The summed E-state index contributed by atoms with van der Waals surface area (Å²) in [6, 6.07) is 5.85. The Morgan fingerprint density at radius 2 is 2.25 bits per heavy atom. The summed E-state index contributed by atoms with van der Waals surface area (Å²) in [5.74, 6) is -0.00129. The van der Waals surface area contributed by atoms with E-state index in [1.807, 2.05) is 25.1 Å². The van der Waals surface area contributed by atoms with E-state index in [1.54, 1.807) is 7.11 Å². The normalized spacial score (nSPS) is 10.2. The van der Waals surface area contributed by atoms with Gasteiger partial charge in [-0.3, -0.25) is 4.79 Å². The van der Waals surface area contributed by atoms with E-state index in [4.69, 9.17) is 4.74 Å². The first-order chi connectivity index (χ1) is 7.66. The summed E-state index contributed by atoms with van der Waals surface area (Å²) in [7, 11) is 1.66. The topological polar surface area (TPSA) is 38.3 Å². The Bertz CT molecular complexity index is 346. The first-order valence-electron chi connectivity index (χ1n) is 5.19. The smallest absolute Gasteiger partial charge is 0.252 e. The van der Waals surface area contributed by atoms with E-state index in [0.717, 1.165) is 21.1 Å². The Hall–Kier alpha value is -0.620. The zero-order valence-corrected chi connectivity index (χ0v) is 11.7. The van der Waals surface area contributed by atoms with Gasteiger partial charge in [0.25, 0.3) is 5.91 Å². The molecule has 0 aliphatic rings. The van der Waals surface area contributed by atoms with Crippen molar-refractivity contribution in [1.82, 2.24) is 5.32 Å². The number of methoxy groups -OCH3 is 1. The number of ether oxygens (including phenoxy) is 1. The van der Waals surface area contributed by atoms with Crippen molar-refractivity contribution >= 4 is 28.5 Å². The Morgan fingerprint density at radius 1 is 1.50 bits per heavy atom. The fourth-order valence-corrected chi connectivity index (χ4v) is 2.30. The molecule has 1 aromatic rings. The highest BCUT2D eigenvalue weighted by molar-refractivity contribution is 14.1. The molecule has 0 spiro atoms. The highest BCUT2D eigenvalue weighted by atomic mass is 127. The molecule has 0 saturated heterocycles. The van der Waals surface area contributed by atoms with E-state index in [0.29, 0.717) is 13.2 Å². The van der Waals surface area contributed by atoms with Crippen molar-refractivity contribution in [1.29, 1.82) is 0 Å². The lowest BCUT2D eigenvalue weighted by atomic mass is 10.1. The second-order valence-corrected chi connectivity index (χ2v) is 4.70. The first kappa shape index (κ1) is 13.4. The van der Waals surface area contributed by atoms with Crippen molar-refractivity contribution in [3.8, 4) is 0 Å². The standard InChI is InChI=1S/C12H16INO2/c1-9-5-3-6-10(13)11(9)12(15)14-7-4-8-16-2/h3,5-6H,4,7-8H2,1-2H3,(H,14,15). The van der Waals surface area contributed by atoms with Gasteiger partial charge in [0.05, 0.1) is 5.56 Å². The van der Waals surface area contributed by atoms with Crippen LogP contribution < -0.4 is 5.32 Å². The van der Waals surface area contributed by atoms with Gasteiger partial charge in [-0.05, 0) is 47.6 Å². The van der Waals surface area contributed by atoms with E-state index in [-0.39, 0.29) is 5.91 Å². The lowest BCUT2D eigenvalue weighted by Gasteiger charge is -2.09. The van der Waals surface area contributed by atoms with Gasteiger partial charge in [0.2, 0.25) is 0 Å². The van der Waals surface area contributed by atoms with Crippen molar-refractivity contribution in [2.45, 2.75) is 13.3 Å². The third-order valence-corrected chi connectivity index (χ3v) is 3.16. The average Bonchev–Trinajstić information content (AvgIpc) is 2.24. The van der Waals surface area contributed by atoms with E-state index in [1.165, 1.54) is 0 Å². The van der Waals surface area contributed by atoms with Crippen LogP contribution in [0.2, 0.25) is 0 Å². The van der Waals surface area contributed by atoms with Crippen LogP contribution in [0.25, 0.3) is 0 Å². The summed E-state index contributed by atoms with van der Waals surface area (Å²) in [6.07, 6.45) is 0.838. The number of hydrogen-bond acceptors (Lipinski definition) is 2. The summed E-state index contributed by atoms with van der Waals surface area (Å²) in [4.78, 5) is 11.9. The maximum absolute atomic E-state index is 11.9. The van der Waals surface area contributed by atoms with Gasteiger partial charge in [-0.15, -0.1) is 0 Å². The lowest BCUT2D eigenvalue weighted by molar-refractivity contribution is 0.0947. The van der Waals surface area contributed by atoms with Gasteiger partial charge in [0.15, 0.2) is 0 Å². The van der Waals surface area contributed by atoms with Crippen LogP contribution in [0.3, 0.4) is 0 Å². The van der Waals surface area contributed by atoms with Gasteiger partial charge < -0.3 is 10.1 Å². The molecule has 1 rings (SSSR count). The zero-order valence-electron chi connectivity index (χ0n) is 9.55. The quantitative estimate of drug-likeness (QED) is 0.664. The monoisotopic (exact) mass is 333 g/mol. The Labute approximate surface area is 110 Å². The second kappa shape index (κ2) is 6.85. The van der Waals surface area contributed by atoms with Crippen molar-refractivity contribution in [3.05, 3.63) is 32.9 Å². The minimum atomic E-state index is -0.00129. The van der Waals surface area contributed by atoms with Crippen LogP contribution in [-0.4, -0.2) is 26.2 Å². The number of rotatable bonds is 5. The number of nitrogens with one attached hydrogen (secondary N) is 1. The predicted octanol–water partition coefficient (Wildman–Crippen LogP) is 2.37. The summed E-state index contributed by atoms with van der Waals surface area (Å²) >= 11 is 2.18. The minimum Gasteiger partial charge on any atom is -0.385 e. The third kappa shape index (κ3) is 3.75. The van der Waals surface area contributed by atoms with E-state index in [2.05, 4.69) is 27.9 Å². The van der Waals surface area contributed by atoms with Gasteiger partial charge in [-0.2, -0.15) is 0 Å². The fraction of sp³-hybridized carbons (Fsp3) is 0.417. The van der Waals surface area contributed by atoms with E-state index >= 15 is 0 Å². The highest BCUT2D eigenvalue weighted by Gasteiger charge is 2.11. The summed E-state index contributed by atoms with van der Waals surface area (Å²) in [6.45, 7) is 3.27.